The summed E-state index contributed by atoms with van der Waals surface area (Å²) in [6.45, 7) is 0. The second kappa shape index (κ2) is 5.79. The van der Waals surface area contributed by atoms with Crippen LogP contribution in [0.15, 0.2) is 41.3 Å². The minimum Gasteiger partial charge on any atom is -0.372 e. The van der Waals surface area contributed by atoms with Crippen LogP contribution in [0, 0.1) is 0 Å². The molecule has 0 bridgehead atoms. The average Bonchev–Trinajstić information content (AvgIpc) is 2.54. The van der Waals surface area contributed by atoms with Gasteiger partial charge < -0.3 is 5.32 Å². The zero-order valence-electron chi connectivity index (χ0n) is 12.2. The third kappa shape index (κ3) is 2.69. The highest BCUT2D eigenvalue weighted by atomic mass is 35.5. The van der Waals surface area contributed by atoms with E-state index in [0.717, 1.165) is 16.7 Å². The summed E-state index contributed by atoms with van der Waals surface area (Å²) in [5.41, 5.74) is -1.66. The third-order valence-corrected chi connectivity index (χ3v) is 3.70. The van der Waals surface area contributed by atoms with Crippen LogP contribution in [0.5, 0.6) is 0 Å². The van der Waals surface area contributed by atoms with Crippen LogP contribution < -0.4 is 11.0 Å². The molecule has 0 saturated heterocycles. The lowest BCUT2D eigenvalue weighted by Gasteiger charge is -2.14. The first-order chi connectivity index (χ1) is 11.3. The van der Waals surface area contributed by atoms with E-state index in [1.807, 2.05) is 0 Å². The summed E-state index contributed by atoms with van der Waals surface area (Å²) in [6.07, 6.45) is -3.16. The number of hydrogen-bond acceptors (Lipinski definition) is 4. The number of hydrogen-bond donors (Lipinski definition) is 1. The summed E-state index contributed by atoms with van der Waals surface area (Å²) in [4.78, 5) is 20.2. The molecular weight excluding hydrogens is 345 g/mol. The van der Waals surface area contributed by atoms with Crippen molar-refractivity contribution in [2.75, 3.05) is 12.4 Å². The molecular formula is C15H10ClF3N4O. The lowest BCUT2D eigenvalue weighted by molar-refractivity contribution is -0.137. The van der Waals surface area contributed by atoms with Crippen LogP contribution in [0.25, 0.3) is 16.7 Å². The van der Waals surface area contributed by atoms with Gasteiger partial charge in [-0.05, 0) is 30.3 Å². The van der Waals surface area contributed by atoms with Crippen LogP contribution >= 0.6 is 11.6 Å². The summed E-state index contributed by atoms with van der Waals surface area (Å²) in [5, 5.41) is 3.17. The Morgan fingerprint density at radius 1 is 1.25 bits per heavy atom. The van der Waals surface area contributed by atoms with E-state index in [1.165, 1.54) is 25.4 Å². The van der Waals surface area contributed by atoms with Gasteiger partial charge in [-0.25, -0.2) is 14.3 Å². The molecule has 124 valence electrons. The molecule has 5 nitrogen and oxygen atoms in total. The van der Waals surface area contributed by atoms with Crippen molar-refractivity contribution in [3.63, 3.8) is 0 Å². The molecule has 0 amide bonds. The molecule has 2 aromatic heterocycles. The quantitative estimate of drug-likeness (QED) is 0.765. The van der Waals surface area contributed by atoms with E-state index >= 15 is 0 Å². The van der Waals surface area contributed by atoms with Gasteiger partial charge >= 0.3 is 11.9 Å². The first-order valence-corrected chi connectivity index (χ1v) is 7.13. The van der Waals surface area contributed by atoms with Crippen LogP contribution in [0.2, 0.25) is 5.02 Å². The van der Waals surface area contributed by atoms with Gasteiger partial charge in [0.15, 0.2) is 5.82 Å². The summed E-state index contributed by atoms with van der Waals surface area (Å²) in [7, 11) is 1.52. The second-order valence-electron chi connectivity index (χ2n) is 4.87. The minimum atomic E-state index is -4.55. The minimum absolute atomic E-state index is 0.00905. The Bertz CT molecular complexity index is 985. The lowest BCUT2D eigenvalue weighted by atomic mass is 10.1. The van der Waals surface area contributed by atoms with Crippen molar-refractivity contribution in [2.24, 2.45) is 0 Å². The molecule has 1 aromatic carbocycles. The first kappa shape index (κ1) is 16.3. The van der Waals surface area contributed by atoms with Crippen LogP contribution in [-0.2, 0) is 6.18 Å². The van der Waals surface area contributed by atoms with E-state index in [1.54, 1.807) is 6.07 Å². The molecule has 0 spiro atoms. The number of alkyl halides is 3. The van der Waals surface area contributed by atoms with Crippen molar-refractivity contribution in [3.05, 3.63) is 57.6 Å². The number of anilines is 1. The number of halogens is 4. The SMILES string of the molecule is CNc1nc(=O)n(-c2ncccc2Cl)c2cc(C(F)(F)F)ccc12. The van der Waals surface area contributed by atoms with Gasteiger partial charge in [0.2, 0.25) is 0 Å². The lowest BCUT2D eigenvalue weighted by Crippen LogP contribution is -2.24. The van der Waals surface area contributed by atoms with Gasteiger partial charge in [-0.15, -0.1) is 0 Å². The molecule has 0 radical (unpaired) electrons. The van der Waals surface area contributed by atoms with E-state index in [-0.39, 0.29) is 22.2 Å². The van der Waals surface area contributed by atoms with Crippen molar-refractivity contribution in [1.29, 1.82) is 0 Å². The fourth-order valence-electron chi connectivity index (χ4n) is 2.34. The van der Waals surface area contributed by atoms with Crippen LogP contribution in [0.4, 0.5) is 19.0 Å². The van der Waals surface area contributed by atoms with Crippen LogP contribution in [-0.4, -0.2) is 21.6 Å². The smallest absolute Gasteiger partial charge is 0.372 e. The van der Waals surface area contributed by atoms with E-state index in [0.29, 0.717) is 5.39 Å². The number of nitrogens with zero attached hydrogens (tertiary/aromatic N) is 3. The highest BCUT2D eigenvalue weighted by molar-refractivity contribution is 6.32. The highest BCUT2D eigenvalue weighted by Gasteiger charge is 2.31. The van der Waals surface area contributed by atoms with Crippen molar-refractivity contribution >= 4 is 28.3 Å². The van der Waals surface area contributed by atoms with E-state index in [4.69, 9.17) is 11.6 Å². The maximum Gasteiger partial charge on any atom is 0.416 e. The molecule has 1 N–H and O–H groups in total. The maximum absolute atomic E-state index is 13.1. The number of pyridine rings is 1. The molecule has 0 atom stereocenters. The standard InChI is InChI=1S/C15H10ClF3N4O/c1-20-12-9-5-4-8(15(17,18)19)7-11(9)23(14(24)22-12)13-10(16)3-2-6-21-13/h2-7H,1H3,(H,20,22,24). The Kier molecular flexibility index (Phi) is 3.92. The Labute approximate surface area is 138 Å². The van der Waals surface area contributed by atoms with Crippen molar-refractivity contribution in [2.45, 2.75) is 6.18 Å². The van der Waals surface area contributed by atoms with Crippen molar-refractivity contribution in [3.8, 4) is 5.82 Å². The van der Waals surface area contributed by atoms with Crippen LogP contribution in [0.1, 0.15) is 5.56 Å². The zero-order valence-corrected chi connectivity index (χ0v) is 13.0. The van der Waals surface area contributed by atoms with Gasteiger partial charge in [0, 0.05) is 18.6 Å². The van der Waals surface area contributed by atoms with Gasteiger partial charge in [0.05, 0.1) is 16.1 Å². The topological polar surface area (TPSA) is 59.8 Å². The summed E-state index contributed by atoms with van der Waals surface area (Å²) < 4.78 is 40.1. The Balaban J connectivity index is 2.46. The molecule has 3 aromatic rings. The fourth-order valence-corrected chi connectivity index (χ4v) is 2.55. The third-order valence-electron chi connectivity index (χ3n) is 3.41. The van der Waals surface area contributed by atoms with E-state index in [9.17, 15) is 18.0 Å². The second-order valence-corrected chi connectivity index (χ2v) is 5.27. The van der Waals surface area contributed by atoms with Crippen molar-refractivity contribution < 1.29 is 13.2 Å². The van der Waals surface area contributed by atoms with E-state index in [2.05, 4.69) is 15.3 Å². The predicted molar refractivity (Wildman–Crippen MR) is 84.7 cm³/mol. The van der Waals surface area contributed by atoms with Gasteiger partial charge in [-0.3, -0.25) is 0 Å². The largest absolute Gasteiger partial charge is 0.416 e. The molecule has 9 heteroatoms. The number of aromatic nitrogens is 3. The average molecular weight is 355 g/mol. The summed E-state index contributed by atoms with van der Waals surface area (Å²) in [6, 6.07) is 6.10. The predicted octanol–water partition coefficient (Wildman–Crippen LogP) is 3.49. The molecule has 0 fully saturated rings. The Hall–Kier alpha value is -2.61. The highest BCUT2D eigenvalue weighted by Crippen LogP contribution is 2.33. The van der Waals surface area contributed by atoms with Gasteiger partial charge in [0.1, 0.15) is 5.82 Å². The first-order valence-electron chi connectivity index (χ1n) is 6.75. The molecule has 0 aliphatic heterocycles. The van der Waals surface area contributed by atoms with Gasteiger partial charge in [0.25, 0.3) is 0 Å². The molecule has 0 aliphatic carbocycles. The molecule has 3 rings (SSSR count). The molecule has 2 heterocycles. The molecule has 0 saturated carbocycles. The Morgan fingerprint density at radius 3 is 2.62 bits per heavy atom. The molecule has 0 aliphatic rings. The van der Waals surface area contributed by atoms with Crippen molar-refractivity contribution in [1.82, 2.24) is 14.5 Å². The van der Waals surface area contributed by atoms with Crippen LogP contribution in [0.3, 0.4) is 0 Å². The summed E-state index contributed by atoms with van der Waals surface area (Å²) >= 11 is 6.05. The maximum atomic E-state index is 13.1. The molecule has 24 heavy (non-hydrogen) atoms. The van der Waals surface area contributed by atoms with E-state index < -0.39 is 17.4 Å². The number of rotatable bonds is 2. The number of fused-ring (bicyclic) bond motifs is 1. The fraction of sp³-hybridized carbons (Fsp3) is 0.133. The monoisotopic (exact) mass is 354 g/mol. The normalized spacial score (nSPS) is 11.7. The zero-order chi connectivity index (χ0) is 17.5. The number of benzene rings is 1. The van der Waals surface area contributed by atoms with Gasteiger partial charge in [-0.2, -0.15) is 18.2 Å². The Morgan fingerprint density at radius 2 is 2.00 bits per heavy atom. The van der Waals surface area contributed by atoms with Gasteiger partial charge in [-0.1, -0.05) is 11.6 Å². The summed E-state index contributed by atoms with van der Waals surface area (Å²) in [5.74, 6) is 0.190. The number of nitrogens with one attached hydrogen (secondary N) is 1. The molecule has 0 unspecified atom stereocenters.